The molecule has 4 rings (SSSR count). The van der Waals surface area contributed by atoms with Gasteiger partial charge < -0.3 is 9.30 Å². The van der Waals surface area contributed by atoms with E-state index in [1.807, 2.05) is 6.92 Å². The number of imidazole rings is 2. The number of rotatable bonds is 3. The smallest absolute Gasteiger partial charge is 0.215 e. The maximum Gasteiger partial charge on any atom is 0.215 e. The Labute approximate surface area is 135 Å². The number of nitrogens with zero attached hydrogens (tertiary/aromatic N) is 4. The first-order valence-corrected chi connectivity index (χ1v) is 7.56. The molecule has 0 amide bonds. The fourth-order valence-electron chi connectivity index (χ4n) is 3.14. The van der Waals surface area contributed by atoms with Gasteiger partial charge in [0.1, 0.15) is 0 Å². The number of ether oxygens (including phenoxy) is 1. The molecular formula is C16H21ClN4O. The molecule has 3 heterocycles. The van der Waals surface area contributed by atoms with Gasteiger partial charge in [-0.1, -0.05) is 12.1 Å². The molecule has 1 aliphatic heterocycles. The van der Waals surface area contributed by atoms with Crippen molar-refractivity contribution in [2.24, 2.45) is 0 Å². The van der Waals surface area contributed by atoms with Gasteiger partial charge in [-0.05, 0) is 19.1 Å². The first kappa shape index (κ1) is 15.3. The molecule has 0 saturated carbocycles. The zero-order valence-corrected chi connectivity index (χ0v) is 13.6. The van der Waals surface area contributed by atoms with Gasteiger partial charge in [-0.3, -0.25) is 9.30 Å². The number of fused-ring (bicyclic) bond motifs is 3. The van der Waals surface area contributed by atoms with Gasteiger partial charge in [-0.25, -0.2) is 4.98 Å². The number of hydrogen-bond donors (Lipinski definition) is 0. The lowest BCUT2D eigenvalue weighted by atomic mass is 10.3. The quantitative estimate of drug-likeness (QED) is 0.743. The largest absolute Gasteiger partial charge is 0.379 e. The van der Waals surface area contributed by atoms with Crippen LogP contribution in [-0.4, -0.2) is 51.7 Å². The van der Waals surface area contributed by atoms with Gasteiger partial charge in [0.25, 0.3) is 0 Å². The number of para-hydroxylation sites is 2. The van der Waals surface area contributed by atoms with Crippen LogP contribution in [0.1, 0.15) is 5.69 Å². The van der Waals surface area contributed by atoms with Gasteiger partial charge in [-0.15, -0.1) is 12.4 Å². The van der Waals surface area contributed by atoms with Crippen molar-refractivity contribution in [2.45, 2.75) is 13.5 Å². The van der Waals surface area contributed by atoms with Crippen molar-refractivity contribution in [2.75, 3.05) is 32.8 Å². The highest BCUT2D eigenvalue weighted by atomic mass is 35.5. The van der Waals surface area contributed by atoms with E-state index >= 15 is 0 Å². The van der Waals surface area contributed by atoms with Crippen molar-refractivity contribution in [1.29, 1.82) is 0 Å². The summed E-state index contributed by atoms with van der Waals surface area (Å²) in [6.45, 7) is 7.83. The van der Waals surface area contributed by atoms with Crippen LogP contribution in [0.25, 0.3) is 16.8 Å². The summed E-state index contributed by atoms with van der Waals surface area (Å²) in [5, 5.41) is 0. The van der Waals surface area contributed by atoms with Crippen molar-refractivity contribution in [3.05, 3.63) is 36.2 Å². The molecule has 118 valence electrons. The van der Waals surface area contributed by atoms with Crippen LogP contribution in [0.15, 0.2) is 30.5 Å². The monoisotopic (exact) mass is 320 g/mol. The second kappa shape index (κ2) is 6.28. The van der Waals surface area contributed by atoms with E-state index in [0.29, 0.717) is 0 Å². The molecule has 0 radical (unpaired) electrons. The predicted molar refractivity (Wildman–Crippen MR) is 89.9 cm³/mol. The van der Waals surface area contributed by atoms with Crippen molar-refractivity contribution < 1.29 is 4.74 Å². The summed E-state index contributed by atoms with van der Waals surface area (Å²) in [4.78, 5) is 7.16. The van der Waals surface area contributed by atoms with Crippen molar-refractivity contribution in [1.82, 2.24) is 18.9 Å². The Morgan fingerprint density at radius 1 is 1.09 bits per heavy atom. The molecule has 0 spiro atoms. The molecule has 1 aliphatic rings. The maximum atomic E-state index is 5.42. The Bertz CT molecular complexity index is 773. The lowest BCUT2D eigenvalue weighted by molar-refractivity contribution is 0.0366. The zero-order valence-electron chi connectivity index (χ0n) is 12.7. The van der Waals surface area contributed by atoms with Crippen LogP contribution in [0.2, 0.25) is 0 Å². The molecule has 1 saturated heterocycles. The second-order valence-electron chi connectivity index (χ2n) is 5.65. The van der Waals surface area contributed by atoms with Crippen molar-refractivity contribution >= 4 is 29.2 Å². The minimum Gasteiger partial charge on any atom is -0.379 e. The third kappa shape index (κ3) is 2.60. The molecule has 0 atom stereocenters. The average Bonchev–Trinajstić information content (AvgIpc) is 3.02. The molecule has 22 heavy (non-hydrogen) atoms. The van der Waals surface area contributed by atoms with Crippen LogP contribution >= 0.6 is 12.4 Å². The Kier molecular flexibility index (Phi) is 4.38. The molecule has 1 fully saturated rings. The van der Waals surface area contributed by atoms with Crippen LogP contribution in [0.3, 0.4) is 0 Å². The van der Waals surface area contributed by atoms with Crippen LogP contribution < -0.4 is 0 Å². The minimum absolute atomic E-state index is 0. The zero-order chi connectivity index (χ0) is 14.2. The molecular weight excluding hydrogens is 300 g/mol. The van der Waals surface area contributed by atoms with Gasteiger partial charge in [0.15, 0.2) is 0 Å². The molecule has 5 nitrogen and oxygen atoms in total. The fourth-order valence-corrected chi connectivity index (χ4v) is 3.14. The molecule has 0 unspecified atom stereocenters. The summed E-state index contributed by atoms with van der Waals surface area (Å²) in [6, 6.07) is 8.52. The standard InChI is InChI=1S/C16H20N4O.ClH/c1-13-12-20-15-5-3-2-4-14(15)19(16(20)17-13)7-6-18-8-10-21-11-9-18;/h2-5,12H,6-11H2,1H3;1H. The van der Waals surface area contributed by atoms with E-state index in [4.69, 9.17) is 9.72 Å². The number of halogens is 1. The average molecular weight is 321 g/mol. The summed E-state index contributed by atoms with van der Waals surface area (Å²) in [5.74, 6) is 1.04. The molecule has 6 heteroatoms. The van der Waals surface area contributed by atoms with E-state index in [2.05, 4.69) is 44.3 Å². The van der Waals surface area contributed by atoms with E-state index in [1.54, 1.807) is 0 Å². The SMILES string of the molecule is Cc1cn2c3ccccc3n(CCN3CCOCC3)c2n1.Cl. The number of aryl methyl sites for hydroxylation is 1. The number of benzene rings is 1. The summed E-state index contributed by atoms with van der Waals surface area (Å²) >= 11 is 0. The number of morpholine rings is 1. The molecule has 0 N–H and O–H groups in total. The van der Waals surface area contributed by atoms with Crippen LogP contribution in [0.5, 0.6) is 0 Å². The van der Waals surface area contributed by atoms with Crippen LogP contribution in [-0.2, 0) is 11.3 Å². The Hall–Kier alpha value is -1.56. The lowest BCUT2D eigenvalue weighted by Crippen LogP contribution is -2.38. The highest BCUT2D eigenvalue weighted by Gasteiger charge is 2.14. The van der Waals surface area contributed by atoms with Crippen molar-refractivity contribution in [3.8, 4) is 0 Å². The van der Waals surface area contributed by atoms with Gasteiger partial charge in [0.2, 0.25) is 5.78 Å². The highest BCUT2D eigenvalue weighted by Crippen LogP contribution is 2.21. The predicted octanol–water partition coefficient (Wildman–Crippen LogP) is 2.35. The van der Waals surface area contributed by atoms with E-state index in [-0.39, 0.29) is 12.4 Å². The van der Waals surface area contributed by atoms with E-state index in [9.17, 15) is 0 Å². The second-order valence-corrected chi connectivity index (χ2v) is 5.65. The summed E-state index contributed by atoms with van der Waals surface area (Å²) < 4.78 is 9.95. The molecule has 0 aliphatic carbocycles. The van der Waals surface area contributed by atoms with Gasteiger partial charge in [0, 0.05) is 32.4 Å². The Morgan fingerprint density at radius 2 is 1.82 bits per heavy atom. The van der Waals surface area contributed by atoms with Gasteiger partial charge >= 0.3 is 0 Å². The Morgan fingerprint density at radius 3 is 2.59 bits per heavy atom. The van der Waals surface area contributed by atoms with E-state index in [0.717, 1.165) is 50.9 Å². The number of hydrogen-bond acceptors (Lipinski definition) is 3. The summed E-state index contributed by atoms with van der Waals surface area (Å²) in [7, 11) is 0. The van der Waals surface area contributed by atoms with Crippen LogP contribution in [0, 0.1) is 6.92 Å². The van der Waals surface area contributed by atoms with Gasteiger partial charge in [0.05, 0.1) is 29.9 Å². The van der Waals surface area contributed by atoms with Gasteiger partial charge in [-0.2, -0.15) is 0 Å². The number of aromatic nitrogens is 3. The van der Waals surface area contributed by atoms with E-state index in [1.165, 1.54) is 11.0 Å². The maximum absolute atomic E-state index is 5.42. The van der Waals surface area contributed by atoms with Crippen molar-refractivity contribution in [3.63, 3.8) is 0 Å². The third-order valence-corrected chi connectivity index (χ3v) is 4.22. The minimum atomic E-state index is 0. The molecule has 1 aromatic carbocycles. The molecule has 3 aromatic rings. The topological polar surface area (TPSA) is 34.7 Å². The summed E-state index contributed by atoms with van der Waals surface area (Å²) in [5.41, 5.74) is 3.55. The normalized spacial score (nSPS) is 16.2. The first-order valence-electron chi connectivity index (χ1n) is 7.56. The van der Waals surface area contributed by atoms with E-state index < -0.39 is 0 Å². The summed E-state index contributed by atoms with van der Waals surface area (Å²) in [6.07, 6.45) is 2.11. The molecule has 0 bridgehead atoms. The lowest BCUT2D eigenvalue weighted by Gasteiger charge is -2.26. The highest BCUT2D eigenvalue weighted by molar-refractivity contribution is 5.85. The van der Waals surface area contributed by atoms with Crippen LogP contribution in [0.4, 0.5) is 0 Å². The fraction of sp³-hybridized carbons (Fsp3) is 0.438. The first-order chi connectivity index (χ1) is 10.3. The third-order valence-electron chi connectivity index (χ3n) is 4.22. The Balaban J connectivity index is 0.00000144. The molecule has 2 aromatic heterocycles.